The van der Waals surface area contributed by atoms with Crippen LogP contribution in [0.15, 0.2) is 47.4 Å². The number of thiazole rings is 1. The van der Waals surface area contributed by atoms with Crippen molar-refractivity contribution in [2.45, 2.75) is 57.3 Å². The van der Waals surface area contributed by atoms with E-state index < -0.39 is 11.6 Å². The van der Waals surface area contributed by atoms with Gasteiger partial charge in [-0.15, -0.1) is 23.1 Å². The molecule has 2 aromatic carbocycles. The van der Waals surface area contributed by atoms with Crippen molar-refractivity contribution < 1.29 is 14.6 Å². The van der Waals surface area contributed by atoms with Gasteiger partial charge in [-0.2, -0.15) is 0 Å². The minimum atomic E-state index is -1.27. The SMILES string of the molecule is Cc1ccc(-c2nc(C)c(C(C)Sc3ccc(OC(C)(C)C(=O)O)c(C)c3)s2)cc1. The van der Waals surface area contributed by atoms with Gasteiger partial charge in [0.15, 0.2) is 5.60 Å². The molecule has 0 aliphatic heterocycles. The maximum atomic E-state index is 11.3. The highest BCUT2D eigenvalue weighted by Gasteiger charge is 2.30. The molecular formula is C24H27NO3S2. The van der Waals surface area contributed by atoms with Crippen LogP contribution in [-0.4, -0.2) is 21.7 Å². The van der Waals surface area contributed by atoms with E-state index in [4.69, 9.17) is 9.72 Å². The molecule has 30 heavy (non-hydrogen) atoms. The van der Waals surface area contributed by atoms with Crippen LogP contribution in [0.25, 0.3) is 10.6 Å². The van der Waals surface area contributed by atoms with E-state index in [0.29, 0.717) is 5.75 Å². The molecule has 0 amide bonds. The van der Waals surface area contributed by atoms with Crippen molar-refractivity contribution in [3.05, 3.63) is 64.2 Å². The maximum absolute atomic E-state index is 11.3. The summed E-state index contributed by atoms with van der Waals surface area (Å²) in [4.78, 5) is 18.5. The van der Waals surface area contributed by atoms with Gasteiger partial charge >= 0.3 is 5.97 Å². The molecule has 0 aliphatic rings. The zero-order chi connectivity index (χ0) is 22.1. The highest BCUT2D eigenvalue weighted by atomic mass is 32.2. The highest BCUT2D eigenvalue weighted by molar-refractivity contribution is 7.99. The molecule has 0 spiro atoms. The fourth-order valence-corrected chi connectivity index (χ4v) is 5.36. The van der Waals surface area contributed by atoms with Gasteiger partial charge in [-0.3, -0.25) is 0 Å². The van der Waals surface area contributed by atoms with Crippen LogP contribution in [0.1, 0.15) is 47.7 Å². The molecule has 0 fully saturated rings. The number of carboxylic acid groups (broad SMARTS) is 1. The molecule has 3 rings (SSSR count). The normalized spacial score (nSPS) is 12.6. The van der Waals surface area contributed by atoms with Crippen LogP contribution < -0.4 is 4.74 Å². The van der Waals surface area contributed by atoms with Gasteiger partial charge in [0.1, 0.15) is 10.8 Å². The Hall–Kier alpha value is -2.31. The summed E-state index contributed by atoms with van der Waals surface area (Å²) < 4.78 is 5.70. The molecule has 0 saturated carbocycles. The second-order valence-corrected chi connectivity index (χ2v) is 10.4. The minimum absolute atomic E-state index is 0.253. The van der Waals surface area contributed by atoms with Gasteiger partial charge in [-0.05, 0) is 65.3 Å². The molecular weight excluding hydrogens is 414 g/mol. The van der Waals surface area contributed by atoms with Crippen LogP contribution in [0, 0.1) is 20.8 Å². The fraction of sp³-hybridized carbons (Fsp3) is 0.333. The van der Waals surface area contributed by atoms with E-state index >= 15 is 0 Å². The third kappa shape index (κ3) is 5.05. The molecule has 158 valence electrons. The molecule has 0 saturated heterocycles. The zero-order valence-corrected chi connectivity index (χ0v) is 19.8. The van der Waals surface area contributed by atoms with Crippen molar-refractivity contribution in [1.29, 1.82) is 0 Å². The second-order valence-electron chi connectivity index (χ2n) is 7.94. The lowest BCUT2D eigenvalue weighted by Crippen LogP contribution is -2.38. The number of ether oxygens (including phenoxy) is 1. The standard InChI is InChI=1S/C24H27NO3S2/c1-14-7-9-18(10-8-14)22-25-16(3)21(30-22)17(4)29-19-11-12-20(15(2)13-19)28-24(5,6)23(26)27/h7-13,17H,1-6H3,(H,26,27). The molecule has 1 aromatic heterocycles. The van der Waals surface area contributed by atoms with Crippen molar-refractivity contribution >= 4 is 29.1 Å². The Balaban J connectivity index is 1.76. The molecule has 1 N–H and O–H groups in total. The Bertz CT molecular complexity index is 1050. The van der Waals surface area contributed by atoms with Gasteiger partial charge in [0, 0.05) is 20.6 Å². The number of carbonyl (C=O) groups is 1. The number of rotatable bonds is 7. The first-order valence-corrected chi connectivity index (χ1v) is 11.5. The van der Waals surface area contributed by atoms with Gasteiger partial charge in [-0.1, -0.05) is 29.8 Å². The number of hydrogen-bond acceptors (Lipinski definition) is 5. The van der Waals surface area contributed by atoms with Crippen molar-refractivity contribution in [2.24, 2.45) is 0 Å². The molecule has 0 bridgehead atoms. The monoisotopic (exact) mass is 441 g/mol. The Kier molecular flexibility index (Phi) is 6.58. The third-order valence-electron chi connectivity index (χ3n) is 4.84. The predicted molar refractivity (Wildman–Crippen MR) is 125 cm³/mol. The summed E-state index contributed by atoms with van der Waals surface area (Å²) in [6.45, 7) is 11.4. The average molecular weight is 442 g/mol. The number of thioether (sulfide) groups is 1. The van der Waals surface area contributed by atoms with Crippen molar-refractivity contribution in [3.8, 4) is 16.3 Å². The van der Waals surface area contributed by atoms with Crippen molar-refractivity contribution in [1.82, 2.24) is 4.98 Å². The van der Waals surface area contributed by atoms with Crippen LogP contribution >= 0.6 is 23.1 Å². The average Bonchev–Trinajstić information content (AvgIpc) is 3.06. The maximum Gasteiger partial charge on any atom is 0.347 e. The van der Waals surface area contributed by atoms with E-state index in [1.165, 1.54) is 10.4 Å². The third-order valence-corrected chi connectivity index (χ3v) is 7.49. The van der Waals surface area contributed by atoms with Crippen LogP contribution in [0.3, 0.4) is 0 Å². The van der Waals surface area contributed by atoms with E-state index in [1.54, 1.807) is 36.9 Å². The number of nitrogens with zero attached hydrogens (tertiary/aromatic N) is 1. The van der Waals surface area contributed by atoms with Crippen molar-refractivity contribution in [2.75, 3.05) is 0 Å². The van der Waals surface area contributed by atoms with Gasteiger partial charge in [0.05, 0.1) is 5.69 Å². The zero-order valence-electron chi connectivity index (χ0n) is 18.1. The first kappa shape index (κ1) is 22.4. The first-order chi connectivity index (χ1) is 14.1. The Labute approximate surface area is 186 Å². The smallest absolute Gasteiger partial charge is 0.347 e. The minimum Gasteiger partial charge on any atom is -0.478 e. The molecule has 1 heterocycles. The predicted octanol–water partition coefficient (Wildman–Crippen LogP) is 6.83. The fourth-order valence-electron chi connectivity index (χ4n) is 2.99. The van der Waals surface area contributed by atoms with E-state index in [1.807, 2.05) is 25.1 Å². The van der Waals surface area contributed by atoms with E-state index in [0.717, 1.165) is 26.7 Å². The molecule has 0 radical (unpaired) electrons. The van der Waals surface area contributed by atoms with E-state index in [2.05, 4.69) is 45.0 Å². The van der Waals surface area contributed by atoms with Crippen LogP contribution in [-0.2, 0) is 4.79 Å². The van der Waals surface area contributed by atoms with Gasteiger partial charge < -0.3 is 9.84 Å². The van der Waals surface area contributed by atoms with Crippen LogP contribution in [0.2, 0.25) is 0 Å². The second kappa shape index (κ2) is 8.82. The van der Waals surface area contributed by atoms with E-state index in [9.17, 15) is 9.90 Å². The number of hydrogen-bond donors (Lipinski definition) is 1. The lowest BCUT2D eigenvalue weighted by atomic mass is 10.1. The number of benzene rings is 2. The summed E-state index contributed by atoms with van der Waals surface area (Å²) >= 11 is 3.51. The highest BCUT2D eigenvalue weighted by Crippen LogP contribution is 2.42. The van der Waals surface area contributed by atoms with Gasteiger partial charge in [0.25, 0.3) is 0 Å². The van der Waals surface area contributed by atoms with Crippen LogP contribution in [0.4, 0.5) is 0 Å². The Morgan fingerprint density at radius 1 is 1.13 bits per heavy atom. The summed E-state index contributed by atoms with van der Waals surface area (Å²) in [5.74, 6) is -0.394. The molecule has 0 aliphatic carbocycles. The summed E-state index contributed by atoms with van der Waals surface area (Å²) in [6, 6.07) is 14.4. The number of carboxylic acids is 1. The summed E-state index contributed by atoms with van der Waals surface area (Å²) in [5.41, 5.74) is 3.11. The first-order valence-electron chi connectivity index (χ1n) is 9.81. The largest absolute Gasteiger partial charge is 0.478 e. The Morgan fingerprint density at radius 2 is 1.80 bits per heavy atom. The van der Waals surface area contributed by atoms with Crippen LogP contribution in [0.5, 0.6) is 5.75 Å². The van der Waals surface area contributed by atoms with Crippen molar-refractivity contribution in [3.63, 3.8) is 0 Å². The summed E-state index contributed by atoms with van der Waals surface area (Å²) in [7, 11) is 0. The quantitative estimate of drug-likeness (QED) is 0.407. The number of aryl methyl sites for hydroxylation is 3. The topological polar surface area (TPSA) is 59.4 Å². The number of aromatic nitrogens is 1. The van der Waals surface area contributed by atoms with Gasteiger partial charge in [-0.25, -0.2) is 9.78 Å². The lowest BCUT2D eigenvalue weighted by Gasteiger charge is -2.23. The van der Waals surface area contributed by atoms with Gasteiger partial charge in [0.2, 0.25) is 0 Å². The lowest BCUT2D eigenvalue weighted by molar-refractivity contribution is -0.152. The summed E-state index contributed by atoms with van der Waals surface area (Å²) in [5, 5.41) is 10.6. The number of aliphatic carboxylic acids is 1. The molecule has 4 nitrogen and oxygen atoms in total. The molecule has 1 unspecified atom stereocenters. The summed E-state index contributed by atoms with van der Waals surface area (Å²) in [6.07, 6.45) is 0. The molecule has 1 atom stereocenters. The molecule has 3 aromatic rings. The Morgan fingerprint density at radius 3 is 2.40 bits per heavy atom. The van der Waals surface area contributed by atoms with E-state index in [-0.39, 0.29) is 5.25 Å². The molecule has 6 heteroatoms.